The number of rotatable bonds is 6. The number of methoxy groups -OCH3 is 1. The molecular weight excluding hydrogens is 270 g/mol. The molecule has 1 heterocycles. The van der Waals surface area contributed by atoms with Gasteiger partial charge in [-0.1, -0.05) is 13.8 Å². The van der Waals surface area contributed by atoms with E-state index in [2.05, 4.69) is 4.98 Å². The Hall–Kier alpha value is -2.30. The number of hydrogen-bond acceptors (Lipinski definition) is 3. The highest BCUT2D eigenvalue weighted by Crippen LogP contribution is 2.30. The Balaban J connectivity index is 2.29. The third-order valence-corrected chi connectivity index (χ3v) is 3.46. The lowest BCUT2D eigenvalue weighted by Gasteiger charge is -2.21. The van der Waals surface area contributed by atoms with E-state index in [0.29, 0.717) is 11.3 Å². The number of carboxylic acids is 1. The van der Waals surface area contributed by atoms with Crippen molar-refractivity contribution in [1.82, 2.24) is 4.98 Å². The fourth-order valence-corrected chi connectivity index (χ4v) is 2.46. The second kappa shape index (κ2) is 5.60. The molecule has 112 valence electrons. The average molecular weight is 289 g/mol. The molecule has 0 saturated heterocycles. The largest absolute Gasteiger partial charge is 0.497 e. The summed E-state index contributed by atoms with van der Waals surface area (Å²) in [6.07, 6.45) is 1.82. The molecule has 1 aromatic heterocycles. The average Bonchev–Trinajstić information content (AvgIpc) is 2.78. The van der Waals surface area contributed by atoms with Crippen LogP contribution in [0.15, 0.2) is 24.4 Å². The van der Waals surface area contributed by atoms with E-state index in [0.717, 1.165) is 10.9 Å². The lowest BCUT2D eigenvalue weighted by atomic mass is 9.82. The monoisotopic (exact) mass is 289 g/mol. The first-order valence-corrected chi connectivity index (χ1v) is 6.72. The fourth-order valence-electron chi connectivity index (χ4n) is 2.46. The lowest BCUT2D eigenvalue weighted by Crippen LogP contribution is -2.21. The molecule has 0 spiro atoms. The Kier molecular flexibility index (Phi) is 4.02. The Bertz CT molecular complexity index is 685. The lowest BCUT2D eigenvalue weighted by molar-refractivity contribution is -0.139. The third-order valence-electron chi connectivity index (χ3n) is 3.46. The van der Waals surface area contributed by atoms with Gasteiger partial charge in [-0.3, -0.25) is 9.59 Å². The molecule has 0 saturated carbocycles. The first kappa shape index (κ1) is 15.1. The number of Topliss-reactive ketones (excluding diaryl/α,β-unsaturated/α-hetero) is 1. The summed E-state index contributed by atoms with van der Waals surface area (Å²) in [5.74, 6) is -0.282. The number of ketones is 1. The summed E-state index contributed by atoms with van der Waals surface area (Å²) in [5.41, 5.74) is 0.850. The molecule has 0 fully saturated rings. The van der Waals surface area contributed by atoms with E-state index in [-0.39, 0.29) is 18.6 Å². The molecule has 0 unspecified atom stereocenters. The van der Waals surface area contributed by atoms with Gasteiger partial charge in [0.15, 0.2) is 5.78 Å². The number of benzene rings is 1. The molecular formula is C16H19NO4. The van der Waals surface area contributed by atoms with Crippen LogP contribution in [0, 0.1) is 5.41 Å². The normalized spacial score (nSPS) is 11.6. The summed E-state index contributed by atoms with van der Waals surface area (Å²) >= 11 is 0. The van der Waals surface area contributed by atoms with E-state index >= 15 is 0 Å². The van der Waals surface area contributed by atoms with Crippen LogP contribution in [-0.4, -0.2) is 29.0 Å². The van der Waals surface area contributed by atoms with Gasteiger partial charge < -0.3 is 14.8 Å². The number of aromatic nitrogens is 1. The second-order valence-electron chi connectivity index (χ2n) is 5.95. The number of aromatic amines is 1. The number of fused-ring (bicyclic) bond motifs is 1. The van der Waals surface area contributed by atoms with E-state index in [9.17, 15) is 9.59 Å². The Labute approximate surface area is 122 Å². The minimum absolute atomic E-state index is 0.0373. The number of carbonyl (C=O) groups excluding carboxylic acids is 1. The topological polar surface area (TPSA) is 79.4 Å². The van der Waals surface area contributed by atoms with Crippen molar-refractivity contribution in [2.45, 2.75) is 26.7 Å². The van der Waals surface area contributed by atoms with Gasteiger partial charge in [-0.05, 0) is 23.6 Å². The minimum Gasteiger partial charge on any atom is -0.497 e. The molecule has 2 aromatic rings. The predicted octanol–water partition coefficient (Wildman–Crippen LogP) is 3.25. The van der Waals surface area contributed by atoms with Gasteiger partial charge in [-0.25, -0.2) is 0 Å². The van der Waals surface area contributed by atoms with Crippen LogP contribution in [-0.2, 0) is 4.79 Å². The maximum atomic E-state index is 12.5. The molecule has 0 amide bonds. The summed E-state index contributed by atoms with van der Waals surface area (Å²) in [6, 6.07) is 5.48. The first-order valence-electron chi connectivity index (χ1n) is 6.72. The second-order valence-corrected chi connectivity index (χ2v) is 5.95. The van der Waals surface area contributed by atoms with Crippen molar-refractivity contribution in [3.05, 3.63) is 30.0 Å². The molecule has 0 aliphatic carbocycles. The molecule has 5 heteroatoms. The highest BCUT2D eigenvalue weighted by Gasteiger charge is 2.26. The van der Waals surface area contributed by atoms with Crippen molar-refractivity contribution in [1.29, 1.82) is 0 Å². The van der Waals surface area contributed by atoms with Gasteiger partial charge in [0.1, 0.15) is 5.75 Å². The van der Waals surface area contributed by atoms with Gasteiger partial charge in [-0.2, -0.15) is 0 Å². The summed E-state index contributed by atoms with van der Waals surface area (Å²) < 4.78 is 5.18. The van der Waals surface area contributed by atoms with Crippen molar-refractivity contribution in [3.8, 4) is 5.75 Å². The van der Waals surface area contributed by atoms with Crippen LogP contribution in [0.2, 0.25) is 0 Å². The zero-order valence-electron chi connectivity index (χ0n) is 12.4. The standard InChI is InChI=1S/C16H19NO4/c1-16(2,8-15(19)20)7-14(18)12-9-17-13-5-4-10(21-3)6-11(12)13/h4-6,9,17H,7-8H2,1-3H3,(H,19,20). The van der Waals surface area contributed by atoms with Crippen molar-refractivity contribution >= 4 is 22.7 Å². The Morgan fingerprint density at radius 1 is 1.29 bits per heavy atom. The summed E-state index contributed by atoms with van der Waals surface area (Å²) in [5, 5.41) is 9.70. The molecule has 2 rings (SSSR count). The quantitative estimate of drug-likeness (QED) is 0.800. The van der Waals surface area contributed by atoms with Crippen LogP contribution in [0.1, 0.15) is 37.0 Å². The maximum Gasteiger partial charge on any atom is 0.303 e. The maximum absolute atomic E-state index is 12.5. The van der Waals surface area contributed by atoms with Gasteiger partial charge in [0.2, 0.25) is 0 Å². The number of carboxylic acid groups (broad SMARTS) is 1. The molecule has 2 N–H and O–H groups in total. The van der Waals surface area contributed by atoms with Crippen molar-refractivity contribution in [2.75, 3.05) is 7.11 Å². The smallest absolute Gasteiger partial charge is 0.303 e. The Morgan fingerprint density at radius 2 is 2.00 bits per heavy atom. The fraction of sp³-hybridized carbons (Fsp3) is 0.375. The van der Waals surface area contributed by atoms with Gasteiger partial charge >= 0.3 is 5.97 Å². The molecule has 0 aliphatic rings. The third kappa shape index (κ3) is 3.42. The molecule has 0 aliphatic heterocycles. The van der Waals surface area contributed by atoms with Crippen LogP contribution in [0.3, 0.4) is 0 Å². The summed E-state index contributed by atoms with van der Waals surface area (Å²) in [6.45, 7) is 3.57. The van der Waals surface area contributed by atoms with Crippen molar-refractivity contribution in [2.24, 2.45) is 5.41 Å². The van der Waals surface area contributed by atoms with E-state index in [1.54, 1.807) is 27.2 Å². The Morgan fingerprint density at radius 3 is 2.62 bits per heavy atom. The number of H-pyrrole nitrogens is 1. The highest BCUT2D eigenvalue weighted by atomic mass is 16.5. The van der Waals surface area contributed by atoms with Crippen molar-refractivity contribution in [3.63, 3.8) is 0 Å². The molecule has 5 nitrogen and oxygen atoms in total. The van der Waals surface area contributed by atoms with Crippen LogP contribution in [0.25, 0.3) is 10.9 Å². The summed E-state index contributed by atoms with van der Waals surface area (Å²) in [7, 11) is 1.57. The number of nitrogens with one attached hydrogen (secondary N) is 1. The molecule has 0 bridgehead atoms. The van der Waals surface area contributed by atoms with Crippen LogP contribution in [0.5, 0.6) is 5.75 Å². The number of hydrogen-bond donors (Lipinski definition) is 2. The van der Waals surface area contributed by atoms with E-state index in [4.69, 9.17) is 9.84 Å². The van der Waals surface area contributed by atoms with Gasteiger partial charge in [0.05, 0.1) is 13.5 Å². The number of aliphatic carboxylic acids is 1. The predicted molar refractivity (Wildman–Crippen MR) is 79.8 cm³/mol. The molecule has 0 atom stereocenters. The van der Waals surface area contributed by atoms with Gasteiger partial charge in [0.25, 0.3) is 0 Å². The zero-order chi connectivity index (χ0) is 15.6. The highest BCUT2D eigenvalue weighted by molar-refractivity contribution is 6.08. The first-order chi connectivity index (χ1) is 9.82. The SMILES string of the molecule is COc1ccc2[nH]cc(C(=O)CC(C)(C)CC(=O)O)c2c1. The van der Waals surface area contributed by atoms with Gasteiger partial charge in [0, 0.05) is 29.1 Å². The van der Waals surface area contributed by atoms with Crippen LogP contribution in [0.4, 0.5) is 0 Å². The van der Waals surface area contributed by atoms with Crippen molar-refractivity contribution < 1.29 is 19.4 Å². The molecule has 21 heavy (non-hydrogen) atoms. The number of carbonyl (C=O) groups is 2. The number of ether oxygens (including phenoxy) is 1. The van der Waals surface area contributed by atoms with E-state index in [1.807, 2.05) is 18.2 Å². The van der Waals surface area contributed by atoms with E-state index in [1.165, 1.54) is 0 Å². The molecule has 1 aromatic carbocycles. The zero-order valence-corrected chi connectivity index (χ0v) is 12.4. The van der Waals surface area contributed by atoms with E-state index < -0.39 is 11.4 Å². The molecule has 0 radical (unpaired) electrons. The summed E-state index contributed by atoms with van der Waals surface area (Å²) in [4.78, 5) is 26.4. The van der Waals surface area contributed by atoms with Gasteiger partial charge in [-0.15, -0.1) is 0 Å². The van der Waals surface area contributed by atoms with Crippen LogP contribution >= 0.6 is 0 Å². The minimum atomic E-state index is -0.895. The van der Waals surface area contributed by atoms with Crippen LogP contribution < -0.4 is 4.74 Å².